The number of halogens is 1. The Hall–Kier alpha value is -2.29. The van der Waals surface area contributed by atoms with Crippen LogP contribution < -0.4 is 10.1 Å². The Kier molecular flexibility index (Phi) is 10.6. The Morgan fingerprint density at radius 2 is 1.81 bits per heavy atom. The zero-order valence-corrected chi connectivity index (χ0v) is 20.6. The fourth-order valence-electron chi connectivity index (χ4n) is 3.61. The first-order valence-corrected chi connectivity index (χ1v) is 10.6. The first-order valence-electron chi connectivity index (χ1n) is 10.6. The molecule has 0 bridgehead atoms. The summed E-state index contributed by atoms with van der Waals surface area (Å²) in [5.74, 6) is 1.66. The highest BCUT2D eigenvalue weighted by Crippen LogP contribution is 2.19. The van der Waals surface area contributed by atoms with E-state index in [1.165, 1.54) is 5.56 Å². The second-order valence-corrected chi connectivity index (χ2v) is 7.34. The molecule has 1 fully saturated rings. The summed E-state index contributed by atoms with van der Waals surface area (Å²) in [6.45, 7) is 5.11. The number of nitrogens with one attached hydrogen (secondary N) is 1. The van der Waals surface area contributed by atoms with Crippen LogP contribution in [0, 0.1) is 5.92 Å². The molecule has 7 heteroatoms. The first-order chi connectivity index (χ1) is 14.7. The number of guanidine groups is 1. The molecule has 3 rings (SSSR count). The van der Waals surface area contributed by atoms with Crippen molar-refractivity contribution in [1.82, 2.24) is 10.2 Å². The van der Waals surface area contributed by atoms with Crippen molar-refractivity contribution in [3.05, 3.63) is 65.7 Å². The largest absolute Gasteiger partial charge is 0.489 e. The third-order valence-electron chi connectivity index (χ3n) is 5.22. The van der Waals surface area contributed by atoms with Crippen molar-refractivity contribution in [1.29, 1.82) is 0 Å². The number of ether oxygens (including phenoxy) is 2. The summed E-state index contributed by atoms with van der Waals surface area (Å²) < 4.78 is 11.0. The number of rotatable bonds is 7. The molecule has 6 nitrogen and oxygen atoms in total. The van der Waals surface area contributed by atoms with E-state index in [-0.39, 0.29) is 35.9 Å². The molecule has 0 aromatic heterocycles. The predicted octanol–water partition coefficient (Wildman–Crippen LogP) is 4.23. The summed E-state index contributed by atoms with van der Waals surface area (Å²) >= 11 is 0. The van der Waals surface area contributed by atoms with Crippen molar-refractivity contribution in [3.63, 3.8) is 0 Å². The van der Waals surface area contributed by atoms with Crippen molar-refractivity contribution in [2.75, 3.05) is 26.7 Å². The van der Waals surface area contributed by atoms with Gasteiger partial charge in [-0.05, 0) is 43.0 Å². The van der Waals surface area contributed by atoms with Gasteiger partial charge in [0.05, 0.1) is 12.5 Å². The number of esters is 1. The van der Waals surface area contributed by atoms with E-state index in [0.29, 0.717) is 19.8 Å². The standard InChI is InChI=1S/C24H31N3O3.HI/c1-3-29-23(28)21-12-14-27(15-13-21)24(25-2)26-17-19-8-7-9-20(16-19)18-30-22-10-5-4-6-11-22;/h4-11,16,21H,3,12-15,17-18H2,1-2H3,(H,25,26);1H. The molecule has 0 radical (unpaired) electrons. The van der Waals surface area contributed by atoms with Crippen LogP contribution in [0.5, 0.6) is 5.75 Å². The van der Waals surface area contributed by atoms with E-state index in [0.717, 1.165) is 43.2 Å². The number of hydrogen-bond donors (Lipinski definition) is 1. The number of carbonyl (C=O) groups excluding carboxylic acids is 1. The third-order valence-corrected chi connectivity index (χ3v) is 5.22. The van der Waals surface area contributed by atoms with Gasteiger partial charge in [0.2, 0.25) is 0 Å². The fraction of sp³-hybridized carbons (Fsp3) is 0.417. The second kappa shape index (κ2) is 13.2. The lowest BCUT2D eigenvalue weighted by Crippen LogP contribution is -2.46. The van der Waals surface area contributed by atoms with Gasteiger partial charge >= 0.3 is 5.97 Å². The van der Waals surface area contributed by atoms with Crippen LogP contribution in [0.25, 0.3) is 0 Å². The van der Waals surface area contributed by atoms with E-state index >= 15 is 0 Å². The van der Waals surface area contributed by atoms with Gasteiger partial charge in [0.1, 0.15) is 12.4 Å². The third kappa shape index (κ3) is 7.72. The number of aliphatic imine (C=N–C) groups is 1. The molecule has 1 aliphatic rings. The molecule has 0 aliphatic carbocycles. The molecule has 2 aromatic rings. The van der Waals surface area contributed by atoms with Crippen LogP contribution in [0.1, 0.15) is 30.9 Å². The van der Waals surface area contributed by atoms with Crippen LogP contribution in [-0.2, 0) is 22.7 Å². The van der Waals surface area contributed by atoms with E-state index in [1.807, 2.05) is 43.3 Å². The van der Waals surface area contributed by atoms with E-state index in [9.17, 15) is 4.79 Å². The summed E-state index contributed by atoms with van der Waals surface area (Å²) in [5, 5.41) is 3.44. The van der Waals surface area contributed by atoms with Gasteiger partial charge in [-0.3, -0.25) is 9.79 Å². The molecule has 0 atom stereocenters. The number of para-hydroxylation sites is 1. The van der Waals surface area contributed by atoms with Gasteiger partial charge in [-0.2, -0.15) is 0 Å². The maximum atomic E-state index is 11.9. The maximum absolute atomic E-state index is 11.9. The maximum Gasteiger partial charge on any atom is 0.309 e. The van der Waals surface area contributed by atoms with Gasteiger partial charge in [-0.25, -0.2) is 0 Å². The molecule has 31 heavy (non-hydrogen) atoms. The Labute approximate surface area is 202 Å². The van der Waals surface area contributed by atoms with Gasteiger partial charge < -0.3 is 19.7 Å². The summed E-state index contributed by atoms with van der Waals surface area (Å²) in [5.41, 5.74) is 2.30. The number of hydrogen-bond acceptors (Lipinski definition) is 4. The van der Waals surface area contributed by atoms with Crippen molar-refractivity contribution in [2.45, 2.75) is 32.9 Å². The Balaban J connectivity index is 0.00000341. The molecule has 2 aromatic carbocycles. The molecule has 1 heterocycles. The Morgan fingerprint density at radius 3 is 2.48 bits per heavy atom. The number of carbonyl (C=O) groups is 1. The lowest BCUT2D eigenvalue weighted by atomic mass is 9.97. The minimum Gasteiger partial charge on any atom is -0.489 e. The van der Waals surface area contributed by atoms with Crippen molar-refractivity contribution in [3.8, 4) is 5.75 Å². The molecular weight excluding hydrogens is 505 g/mol. The van der Waals surface area contributed by atoms with Crippen LogP contribution in [0.15, 0.2) is 59.6 Å². The first kappa shape index (κ1) is 25.0. The highest BCUT2D eigenvalue weighted by molar-refractivity contribution is 14.0. The second-order valence-electron chi connectivity index (χ2n) is 7.34. The van der Waals surface area contributed by atoms with E-state index in [1.54, 1.807) is 7.05 Å². The minimum absolute atomic E-state index is 0. The lowest BCUT2D eigenvalue weighted by Gasteiger charge is -2.33. The Morgan fingerprint density at radius 1 is 1.10 bits per heavy atom. The van der Waals surface area contributed by atoms with Crippen LogP contribution in [0.3, 0.4) is 0 Å². The predicted molar refractivity (Wildman–Crippen MR) is 134 cm³/mol. The van der Waals surface area contributed by atoms with Gasteiger partial charge in [0.25, 0.3) is 0 Å². The van der Waals surface area contributed by atoms with Crippen molar-refractivity contribution < 1.29 is 14.3 Å². The molecule has 1 N–H and O–H groups in total. The number of likely N-dealkylation sites (tertiary alicyclic amines) is 1. The van der Waals surface area contributed by atoms with Crippen LogP contribution >= 0.6 is 24.0 Å². The summed E-state index contributed by atoms with van der Waals surface area (Å²) in [6.07, 6.45) is 1.59. The van der Waals surface area contributed by atoms with Gasteiger partial charge in [0, 0.05) is 26.7 Å². The molecular formula is C24H32IN3O3. The molecule has 0 unspecified atom stereocenters. The number of nitrogens with zero attached hydrogens (tertiary/aromatic N) is 2. The normalized spacial score (nSPS) is 14.5. The van der Waals surface area contributed by atoms with E-state index in [2.05, 4.69) is 33.4 Å². The van der Waals surface area contributed by atoms with Crippen LogP contribution in [0.4, 0.5) is 0 Å². The Bertz CT molecular complexity index is 837. The lowest BCUT2D eigenvalue weighted by molar-refractivity contribution is -0.149. The van der Waals surface area contributed by atoms with Gasteiger partial charge in [0.15, 0.2) is 5.96 Å². The van der Waals surface area contributed by atoms with Gasteiger partial charge in [-0.15, -0.1) is 24.0 Å². The summed E-state index contributed by atoms with van der Waals surface area (Å²) in [6, 6.07) is 18.2. The number of piperidine rings is 1. The van der Waals surface area contributed by atoms with Crippen molar-refractivity contribution in [2.24, 2.45) is 10.9 Å². The quantitative estimate of drug-likeness (QED) is 0.248. The number of benzene rings is 2. The zero-order valence-electron chi connectivity index (χ0n) is 18.3. The molecule has 1 aliphatic heterocycles. The SMILES string of the molecule is CCOC(=O)C1CCN(C(=NC)NCc2cccc(COc3ccccc3)c2)CC1.I. The summed E-state index contributed by atoms with van der Waals surface area (Å²) in [7, 11) is 1.80. The highest BCUT2D eigenvalue weighted by atomic mass is 127. The van der Waals surface area contributed by atoms with Gasteiger partial charge in [-0.1, -0.05) is 42.5 Å². The van der Waals surface area contributed by atoms with Crippen LogP contribution in [0.2, 0.25) is 0 Å². The molecule has 168 valence electrons. The van der Waals surface area contributed by atoms with Crippen molar-refractivity contribution >= 4 is 35.9 Å². The molecule has 0 spiro atoms. The molecule has 0 saturated carbocycles. The van der Waals surface area contributed by atoms with E-state index < -0.39 is 0 Å². The molecule has 1 saturated heterocycles. The average molecular weight is 537 g/mol. The highest BCUT2D eigenvalue weighted by Gasteiger charge is 2.27. The zero-order chi connectivity index (χ0) is 21.2. The monoisotopic (exact) mass is 537 g/mol. The molecule has 0 amide bonds. The summed E-state index contributed by atoms with van der Waals surface area (Å²) in [4.78, 5) is 18.6. The van der Waals surface area contributed by atoms with E-state index in [4.69, 9.17) is 9.47 Å². The fourth-order valence-corrected chi connectivity index (χ4v) is 3.61. The van der Waals surface area contributed by atoms with Crippen LogP contribution in [-0.4, -0.2) is 43.6 Å². The minimum atomic E-state index is -0.0744. The topological polar surface area (TPSA) is 63.2 Å². The average Bonchev–Trinajstić information content (AvgIpc) is 2.80. The smallest absolute Gasteiger partial charge is 0.309 e.